The van der Waals surface area contributed by atoms with Gasteiger partial charge in [0.05, 0.1) is 19.3 Å². The molecule has 1 heterocycles. The fourth-order valence-electron chi connectivity index (χ4n) is 2.50. The summed E-state index contributed by atoms with van der Waals surface area (Å²) < 4.78 is 10.2. The van der Waals surface area contributed by atoms with E-state index in [1.807, 2.05) is 18.7 Å². The number of carbonyl (C=O) groups is 2. The highest BCUT2D eigenvalue weighted by Crippen LogP contribution is 2.16. The number of methoxy groups -OCH3 is 1. The van der Waals surface area contributed by atoms with Gasteiger partial charge in [0.15, 0.2) is 0 Å². The SMILES string of the molecule is COC(=O)CNc1ccc(C(=O)N2C[C@@H](C)O[C@@H](C)C2)cc1. The molecule has 0 aromatic heterocycles. The van der Waals surface area contributed by atoms with E-state index in [1.54, 1.807) is 24.3 Å². The van der Waals surface area contributed by atoms with Crippen molar-refractivity contribution < 1.29 is 19.1 Å². The lowest BCUT2D eigenvalue weighted by Gasteiger charge is -2.35. The predicted molar refractivity (Wildman–Crippen MR) is 82.9 cm³/mol. The van der Waals surface area contributed by atoms with Gasteiger partial charge in [-0.1, -0.05) is 0 Å². The maximum atomic E-state index is 12.5. The highest BCUT2D eigenvalue weighted by Gasteiger charge is 2.26. The van der Waals surface area contributed by atoms with Crippen LogP contribution in [0.5, 0.6) is 0 Å². The molecule has 0 unspecified atom stereocenters. The van der Waals surface area contributed by atoms with Gasteiger partial charge in [-0.15, -0.1) is 0 Å². The number of hydrogen-bond donors (Lipinski definition) is 1. The summed E-state index contributed by atoms with van der Waals surface area (Å²) in [4.78, 5) is 25.4. The molecule has 1 aromatic carbocycles. The summed E-state index contributed by atoms with van der Waals surface area (Å²) in [5.74, 6) is -0.335. The summed E-state index contributed by atoms with van der Waals surface area (Å²) in [6.07, 6.45) is 0.0994. The second kappa shape index (κ2) is 7.26. The topological polar surface area (TPSA) is 67.9 Å². The van der Waals surface area contributed by atoms with Crippen LogP contribution in [0.1, 0.15) is 24.2 Å². The first-order valence-corrected chi connectivity index (χ1v) is 7.35. The maximum Gasteiger partial charge on any atom is 0.325 e. The molecular weight excluding hydrogens is 284 g/mol. The average molecular weight is 306 g/mol. The molecule has 2 rings (SSSR count). The fraction of sp³-hybridized carbons (Fsp3) is 0.500. The van der Waals surface area contributed by atoms with Crippen molar-refractivity contribution in [3.63, 3.8) is 0 Å². The summed E-state index contributed by atoms with van der Waals surface area (Å²) in [7, 11) is 1.34. The van der Waals surface area contributed by atoms with Crippen LogP contribution < -0.4 is 5.32 Å². The second-order valence-corrected chi connectivity index (χ2v) is 5.47. The van der Waals surface area contributed by atoms with Crippen molar-refractivity contribution in [2.24, 2.45) is 0 Å². The third-order valence-corrected chi connectivity index (χ3v) is 3.50. The number of esters is 1. The van der Waals surface area contributed by atoms with E-state index < -0.39 is 0 Å². The first-order valence-electron chi connectivity index (χ1n) is 7.35. The lowest BCUT2D eigenvalue weighted by atomic mass is 10.1. The molecule has 1 amide bonds. The number of rotatable bonds is 4. The number of nitrogens with zero attached hydrogens (tertiary/aromatic N) is 1. The van der Waals surface area contributed by atoms with E-state index in [0.29, 0.717) is 18.7 Å². The van der Waals surface area contributed by atoms with Crippen LogP contribution in [-0.2, 0) is 14.3 Å². The van der Waals surface area contributed by atoms with Gasteiger partial charge in [-0.3, -0.25) is 9.59 Å². The zero-order valence-electron chi connectivity index (χ0n) is 13.2. The van der Waals surface area contributed by atoms with E-state index in [2.05, 4.69) is 10.1 Å². The van der Waals surface area contributed by atoms with Crippen molar-refractivity contribution in [3.8, 4) is 0 Å². The van der Waals surface area contributed by atoms with Crippen molar-refractivity contribution in [3.05, 3.63) is 29.8 Å². The summed E-state index contributed by atoms with van der Waals surface area (Å²) in [5.41, 5.74) is 1.40. The van der Waals surface area contributed by atoms with E-state index in [1.165, 1.54) is 7.11 Å². The molecule has 1 fully saturated rings. The summed E-state index contributed by atoms with van der Waals surface area (Å²) in [6.45, 7) is 5.24. The lowest BCUT2D eigenvalue weighted by molar-refractivity contribution is -0.138. The van der Waals surface area contributed by atoms with Gasteiger partial charge < -0.3 is 19.7 Å². The Morgan fingerprint density at radius 3 is 2.36 bits per heavy atom. The quantitative estimate of drug-likeness (QED) is 0.854. The average Bonchev–Trinajstić information content (AvgIpc) is 2.51. The van der Waals surface area contributed by atoms with E-state index in [0.717, 1.165) is 5.69 Å². The summed E-state index contributed by atoms with van der Waals surface area (Å²) in [6, 6.07) is 7.08. The fourth-order valence-corrected chi connectivity index (χ4v) is 2.50. The molecule has 0 radical (unpaired) electrons. The van der Waals surface area contributed by atoms with E-state index in [9.17, 15) is 9.59 Å². The van der Waals surface area contributed by atoms with Gasteiger partial charge >= 0.3 is 5.97 Å². The number of ether oxygens (including phenoxy) is 2. The van der Waals surface area contributed by atoms with Crippen molar-refractivity contribution in [1.29, 1.82) is 0 Å². The molecule has 1 aromatic rings. The molecule has 0 saturated carbocycles. The zero-order chi connectivity index (χ0) is 16.1. The molecule has 0 aliphatic carbocycles. The summed E-state index contributed by atoms with van der Waals surface area (Å²) >= 11 is 0. The largest absolute Gasteiger partial charge is 0.468 e. The van der Waals surface area contributed by atoms with Gasteiger partial charge in [0.2, 0.25) is 0 Å². The van der Waals surface area contributed by atoms with E-state index in [4.69, 9.17) is 4.74 Å². The van der Waals surface area contributed by atoms with Gasteiger partial charge in [0.1, 0.15) is 6.54 Å². The third kappa shape index (κ3) is 4.21. The number of nitrogens with one attached hydrogen (secondary N) is 1. The Hall–Kier alpha value is -2.08. The second-order valence-electron chi connectivity index (χ2n) is 5.47. The van der Waals surface area contributed by atoms with Gasteiger partial charge in [-0.25, -0.2) is 0 Å². The molecule has 1 aliphatic rings. The number of anilines is 1. The monoisotopic (exact) mass is 306 g/mol. The van der Waals surface area contributed by atoms with Crippen LogP contribution in [0.4, 0.5) is 5.69 Å². The van der Waals surface area contributed by atoms with Gasteiger partial charge in [-0.05, 0) is 38.1 Å². The van der Waals surface area contributed by atoms with E-state index >= 15 is 0 Å². The number of hydrogen-bond acceptors (Lipinski definition) is 5. The lowest BCUT2D eigenvalue weighted by Crippen LogP contribution is -2.48. The van der Waals surface area contributed by atoms with Crippen LogP contribution in [0.15, 0.2) is 24.3 Å². The Balaban J connectivity index is 1.97. The van der Waals surface area contributed by atoms with Crippen LogP contribution in [-0.4, -0.2) is 55.7 Å². The van der Waals surface area contributed by atoms with Crippen LogP contribution in [0.2, 0.25) is 0 Å². The molecule has 2 atom stereocenters. The molecule has 1 N–H and O–H groups in total. The number of benzene rings is 1. The van der Waals surface area contributed by atoms with Crippen molar-refractivity contribution in [1.82, 2.24) is 4.90 Å². The first kappa shape index (κ1) is 16.3. The minimum atomic E-state index is -0.337. The standard InChI is InChI=1S/C16H22N2O4/c1-11-9-18(10-12(2)22-11)16(20)13-4-6-14(7-5-13)17-8-15(19)21-3/h4-7,11-12,17H,8-10H2,1-3H3/t11-,12+. The Labute approximate surface area is 130 Å². The molecule has 6 heteroatoms. The summed E-state index contributed by atoms with van der Waals surface area (Å²) in [5, 5.41) is 2.94. The van der Waals surface area contributed by atoms with Crippen molar-refractivity contribution in [2.45, 2.75) is 26.1 Å². The predicted octanol–water partition coefficient (Wildman–Crippen LogP) is 1.52. The van der Waals surface area contributed by atoms with Gasteiger partial charge in [0, 0.05) is 24.3 Å². The Kier molecular flexibility index (Phi) is 5.38. The molecule has 1 saturated heterocycles. The smallest absolute Gasteiger partial charge is 0.325 e. The van der Waals surface area contributed by atoms with Crippen molar-refractivity contribution in [2.75, 3.05) is 32.1 Å². The zero-order valence-corrected chi connectivity index (χ0v) is 13.2. The molecule has 1 aliphatic heterocycles. The molecule has 22 heavy (non-hydrogen) atoms. The first-order chi connectivity index (χ1) is 10.5. The Morgan fingerprint density at radius 2 is 1.82 bits per heavy atom. The molecule has 0 bridgehead atoms. The minimum Gasteiger partial charge on any atom is -0.468 e. The molecule has 120 valence electrons. The number of morpholine rings is 1. The van der Waals surface area contributed by atoms with Crippen LogP contribution >= 0.6 is 0 Å². The van der Waals surface area contributed by atoms with Crippen LogP contribution in [0.25, 0.3) is 0 Å². The Morgan fingerprint density at radius 1 is 1.23 bits per heavy atom. The van der Waals surface area contributed by atoms with Gasteiger partial charge in [-0.2, -0.15) is 0 Å². The molecule has 0 spiro atoms. The molecular formula is C16H22N2O4. The molecule has 6 nitrogen and oxygen atoms in total. The minimum absolute atomic E-state index is 0.00141. The highest BCUT2D eigenvalue weighted by molar-refractivity contribution is 5.94. The third-order valence-electron chi connectivity index (χ3n) is 3.50. The highest BCUT2D eigenvalue weighted by atomic mass is 16.5. The normalized spacial score (nSPS) is 21.3. The van der Waals surface area contributed by atoms with Gasteiger partial charge in [0.25, 0.3) is 5.91 Å². The maximum absolute atomic E-state index is 12.5. The van der Waals surface area contributed by atoms with Crippen LogP contribution in [0.3, 0.4) is 0 Å². The van der Waals surface area contributed by atoms with Crippen molar-refractivity contribution >= 4 is 17.6 Å². The van der Waals surface area contributed by atoms with E-state index in [-0.39, 0.29) is 30.6 Å². The number of amides is 1. The Bertz CT molecular complexity index is 519. The number of carbonyl (C=O) groups excluding carboxylic acids is 2. The van der Waals surface area contributed by atoms with Crippen LogP contribution in [0, 0.1) is 0 Å².